The maximum absolute atomic E-state index is 13.4. The fourth-order valence-corrected chi connectivity index (χ4v) is 6.82. The summed E-state index contributed by atoms with van der Waals surface area (Å²) in [6.45, 7) is 23.6. The Balaban J connectivity index is 2.10. The summed E-state index contributed by atoms with van der Waals surface area (Å²) >= 11 is 0. The van der Waals surface area contributed by atoms with Gasteiger partial charge in [0.25, 0.3) is 0 Å². The van der Waals surface area contributed by atoms with Crippen molar-refractivity contribution >= 4 is 40.2 Å². The second kappa shape index (κ2) is 15.7. The number of rotatable bonds is 13. The molecule has 0 aliphatic heterocycles. The first-order valence-corrected chi connectivity index (χ1v) is 22.7. The van der Waals surface area contributed by atoms with Crippen LogP contribution < -0.4 is 23.6 Å². The third-order valence-electron chi connectivity index (χ3n) is 9.86. The molecule has 0 aliphatic carbocycles. The summed E-state index contributed by atoms with van der Waals surface area (Å²) in [4.78, 5) is 26.5. The highest BCUT2D eigenvalue weighted by molar-refractivity contribution is 6.75. The molecule has 0 saturated carbocycles. The lowest BCUT2D eigenvalue weighted by atomic mass is 9.86. The minimum Gasteiger partial charge on any atom is -0.543 e. The molecular weight excluding hydrogens is 663 g/mol. The van der Waals surface area contributed by atoms with E-state index in [1.807, 2.05) is 67.6 Å². The molecule has 3 aromatic carbocycles. The van der Waals surface area contributed by atoms with Crippen molar-refractivity contribution in [3.63, 3.8) is 0 Å². The standard InChI is InChI=1S/C40H55NO7Si2/c1-27(29-21-22-33(45-8)34(26-29)46-9)36(30-17-15-19-32(25-30)48-50(12,13)40(5,6)7)37(38(43)44)41-35(42)23-20-28-16-14-18-31(24-28)47-49(10,11)39(2,3)4/h14-27H,1-13H3,(H,41,42)(H,43,44)/b23-20+,37-36+. The second-order valence-electron chi connectivity index (χ2n) is 15.6. The molecule has 1 unspecified atom stereocenters. The lowest BCUT2D eigenvalue weighted by molar-refractivity contribution is -0.134. The number of carbonyl (C=O) groups excluding carboxylic acids is 1. The molecule has 0 heterocycles. The maximum atomic E-state index is 13.4. The van der Waals surface area contributed by atoms with Gasteiger partial charge in [-0.3, -0.25) is 4.79 Å². The van der Waals surface area contributed by atoms with Gasteiger partial charge in [0, 0.05) is 12.0 Å². The molecule has 0 fully saturated rings. The van der Waals surface area contributed by atoms with Crippen molar-refractivity contribution in [1.29, 1.82) is 0 Å². The molecule has 3 aromatic rings. The van der Waals surface area contributed by atoms with Gasteiger partial charge < -0.3 is 28.7 Å². The molecule has 0 aliphatic rings. The molecule has 0 saturated heterocycles. The van der Waals surface area contributed by atoms with E-state index in [0.29, 0.717) is 28.4 Å². The summed E-state index contributed by atoms with van der Waals surface area (Å²) in [5.41, 5.74) is 2.32. The van der Waals surface area contributed by atoms with Crippen LogP contribution in [0.3, 0.4) is 0 Å². The van der Waals surface area contributed by atoms with Crippen LogP contribution in [-0.2, 0) is 9.59 Å². The molecule has 3 rings (SSSR count). The van der Waals surface area contributed by atoms with E-state index in [4.69, 9.17) is 18.3 Å². The molecule has 2 N–H and O–H groups in total. The van der Waals surface area contributed by atoms with Gasteiger partial charge in [0.05, 0.1) is 14.2 Å². The van der Waals surface area contributed by atoms with Gasteiger partial charge in [0.1, 0.15) is 17.2 Å². The predicted molar refractivity (Wildman–Crippen MR) is 208 cm³/mol. The fourth-order valence-electron chi connectivity index (χ4n) is 4.78. The third kappa shape index (κ3) is 9.91. The highest BCUT2D eigenvalue weighted by atomic mass is 28.4. The highest BCUT2D eigenvalue weighted by Crippen LogP contribution is 2.41. The Morgan fingerprint density at radius 1 is 0.760 bits per heavy atom. The van der Waals surface area contributed by atoms with E-state index >= 15 is 0 Å². The van der Waals surface area contributed by atoms with E-state index in [9.17, 15) is 14.7 Å². The zero-order chi connectivity index (χ0) is 37.7. The minimum absolute atomic E-state index is 0.0282. The molecule has 0 radical (unpaired) electrons. The summed E-state index contributed by atoms with van der Waals surface area (Å²) < 4.78 is 24.0. The molecule has 8 nitrogen and oxygen atoms in total. The zero-order valence-corrected chi connectivity index (χ0v) is 34.0. The Labute approximate surface area is 300 Å². The number of carboxylic acids is 1. The largest absolute Gasteiger partial charge is 0.543 e. The summed E-state index contributed by atoms with van der Waals surface area (Å²) in [7, 11) is -1.17. The Kier molecular flexibility index (Phi) is 12.6. The molecule has 0 aromatic heterocycles. The Morgan fingerprint density at radius 3 is 1.82 bits per heavy atom. The third-order valence-corrected chi connectivity index (χ3v) is 18.6. The number of hydrogen-bond acceptors (Lipinski definition) is 6. The number of carboxylic acid groups (broad SMARTS) is 1. The van der Waals surface area contributed by atoms with Gasteiger partial charge in [-0.05, 0) is 101 Å². The van der Waals surface area contributed by atoms with Crippen molar-refractivity contribution in [3.8, 4) is 23.0 Å². The zero-order valence-electron chi connectivity index (χ0n) is 32.0. The molecule has 10 heteroatoms. The Hall–Kier alpha value is -4.29. The number of ether oxygens (including phenoxy) is 2. The van der Waals surface area contributed by atoms with Crippen LogP contribution in [0.5, 0.6) is 23.0 Å². The number of allylic oxidation sites excluding steroid dienone is 1. The summed E-state index contributed by atoms with van der Waals surface area (Å²) in [6, 6.07) is 20.4. The lowest BCUT2D eigenvalue weighted by Gasteiger charge is -2.36. The monoisotopic (exact) mass is 717 g/mol. The normalized spacial score (nSPS) is 13.7. The van der Waals surface area contributed by atoms with E-state index in [1.54, 1.807) is 26.4 Å². The highest BCUT2D eigenvalue weighted by Gasteiger charge is 2.40. The number of carbonyl (C=O) groups is 2. The molecule has 0 bridgehead atoms. The number of hydrogen-bond donors (Lipinski definition) is 2. The van der Waals surface area contributed by atoms with E-state index in [2.05, 4.69) is 73.0 Å². The Morgan fingerprint density at radius 2 is 1.30 bits per heavy atom. The van der Waals surface area contributed by atoms with E-state index in [0.717, 1.165) is 16.9 Å². The lowest BCUT2D eigenvalue weighted by Crippen LogP contribution is -2.43. The van der Waals surface area contributed by atoms with Crippen molar-refractivity contribution in [2.75, 3.05) is 14.2 Å². The fraction of sp³-hybridized carbons (Fsp3) is 0.400. The number of nitrogens with one attached hydrogen (secondary N) is 1. The quantitative estimate of drug-likeness (QED) is 0.134. The van der Waals surface area contributed by atoms with E-state index < -0.39 is 34.4 Å². The number of amides is 1. The number of aliphatic carboxylic acids is 1. The van der Waals surface area contributed by atoms with Gasteiger partial charge in [-0.1, -0.05) is 78.8 Å². The summed E-state index contributed by atoms with van der Waals surface area (Å²) in [6.07, 6.45) is 2.99. The number of benzene rings is 3. The van der Waals surface area contributed by atoms with Crippen LogP contribution in [0, 0.1) is 0 Å². The van der Waals surface area contributed by atoms with Crippen molar-refractivity contribution in [2.24, 2.45) is 0 Å². The number of methoxy groups -OCH3 is 2. The average molecular weight is 718 g/mol. The van der Waals surface area contributed by atoms with Gasteiger partial charge in [0.15, 0.2) is 11.5 Å². The van der Waals surface area contributed by atoms with E-state index in [-0.39, 0.29) is 15.8 Å². The SMILES string of the molecule is COc1ccc(C(C)/C(=C(\NC(=O)/C=C/c2cccc(O[Si](C)(C)C(C)(C)C)c2)C(=O)O)c2cccc(O[Si](C)(C)C(C)(C)C)c2)cc1OC. The van der Waals surface area contributed by atoms with Crippen LogP contribution >= 0.6 is 0 Å². The Bertz CT molecular complexity index is 1750. The van der Waals surface area contributed by atoms with Gasteiger partial charge in [0.2, 0.25) is 22.5 Å². The molecule has 270 valence electrons. The first kappa shape index (κ1) is 40.1. The van der Waals surface area contributed by atoms with Crippen molar-refractivity contribution in [2.45, 2.75) is 90.6 Å². The van der Waals surface area contributed by atoms with Crippen molar-refractivity contribution < 1.29 is 33.0 Å². The molecule has 1 atom stereocenters. The first-order valence-electron chi connectivity index (χ1n) is 16.9. The van der Waals surface area contributed by atoms with Crippen LogP contribution in [0.25, 0.3) is 11.6 Å². The summed E-state index contributed by atoms with van der Waals surface area (Å²) in [5, 5.41) is 13.3. The van der Waals surface area contributed by atoms with Gasteiger partial charge in [-0.25, -0.2) is 4.79 Å². The van der Waals surface area contributed by atoms with Gasteiger partial charge in [-0.2, -0.15) is 0 Å². The smallest absolute Gasteiger partial charge is 0.352 e. The molecule has 1 amide bonds. The minimum atomic E-state index is -2.21. The molecule has 50 heavy (non-hydrogen) atoms. The van der Waals surface area contributed by atoms with Crippen LogP contribution in [0.1, 0.15) is 71.1 Å². The average Bonchev–Trinajstić information content (AvgIpc) is 3.01. The topological polar surface area (TPSA) is 103 Å². The van der Waals surface area contributed by atoms with Crippen LogP contribution in [-0.4, -0.2) is 47.8 Å². The van der Waals surface area contributed by atoms with Crippen molar-refractivity contribution in [3.05, 3.63) is 95.2 Å². The maximum Gasteiger partial charge on any atom is 0.352 e. The predicted octanol–water partition coefficient (Wildman–Crippen LogP) is 9.90. The molecular formula is C40H55NO7Si2. The van der Waals surface area contributed by atoms with Gasteiger partial charge in [-0.15, -0.1) is 0 Å². The van der Waals surface area contributed by atoms with Crippen LogP contribution in [0.4, 0.5) is 0 Å². The van der Waals surface area contributed by atoms with Gasteiger partial charge >= 0.3 is 5.97 Å². The molecule has 0 spiro atoms. The van der Waals surface area contributed by atoms with E-state index in [1.165, 1.54) is 6.08 Å². The van der Waals surface area contributed by atoms with Crippen LogP contribution in [0.15, 0.2) is 78.5 Å². The first-order chi connectivity index (χ1) is 23.1. The summed E-state index contributed by atoms with van der Waals surface area (Å²) in [5.74, 6) is 0.0954. The van der Waals surface area contributed by atoms with Crippen LogP contribution in [0.2, 0.25) is 36.3 Å². The van der Waals surface area contributed by atoms with Crippen molar-refractivity contribution in [1.82, 2.24) is 5.32 Å². The second-order valence-corrected chi connectivity index (χ2v) is 25.0.